The first-order valence-electron chi connectivity index (χ1n) is 5.26. The van der Waals surface area contributed by atoms with E-state index in [1.807, 2.05) is 13.0 Å². The number of aryl methyl sites for hydroxylation is 1. The monoisotopic (exact) mass is 232 g/mol. The fraction of sp³-hybridized carbons (Fsp3) is 0.250. The van der Waals surface area contributed by atoms with Crippen molar-refractivity contribution in [3.8, 4) is 11.4 Å². The van der Waals surface area contributed by atoms with E-state index in [1.54, 1.807) is 18.2 Å². The number of esters is 1. The maximum Gasteiger partial charge on any atom is 0.337 e. The van der Waals surface area contributed by atoms with Gasteiger partial charge in [-0.05, 0) is 12.1 Å². The van der Waals surface area contributed by atoms with Crippen molar-refractivity contribution in [1.82, 2.24) is 10.1 Å². The van der Waals surface area contributed by atoms with Gasteiger partial charge in [-0.2, -0.15) is 4.98 Å². The van der Waals surface area contributed by atoms with Gasteiger partial charge < -0.3 is 9.26 Å². The van der Waals surface area contributed by atoms with Crippen LogP contribution >= 0.6 is 0 Å². The molecule has 0 fully saturated rings. The van der Waals surface area contributed by atoms with Crippen LogP contribution < -0.4 is 0 Å². The van der Waals surface area contributed by atoms with Gasteiger partial charge in [-0.1, -0.05) is 24.2 Å². The molecule has 0 bridgehead atoms. The van der Waals surface area contributed by atoms with Gasteiger partial charge in [-0.25, -0.2) is 4.79 Å². The second kappa shape index (κ2) is 4.78. The summed E-state index contributed by atoms with van der Waals surface area (Å²) in [6.07, 6.45) is 0.684. The molecule has 0 saturated carbocycles. The summed E-state index contributed by atoms with van der Waals surface area (Å²) in [4.78, 5) is 15.6. The number of hydrogen-bond acceptors (Lipinski definition) is 5. The molecule has 0 amide bonds. The molecule has 1 heterocycles. The first kappa shape index (κ1) is 11.3. The first-order chi connectivity index (χ1) is 8.24. The number of rotatable bonds is 3. The van der Waals surface area contributed by atoms with Crippen molar-refractivity contribution in [2.45, 2.75) is 13.3 Å². The van der Waals surface area contributed by atoms with Gasteiger partial charge in [-0.3, -0.25) is 0 Å². The Morgan fingerprint density at radius 3 is 2.94 bits per heavy atom. The summed E-state index contributed by atoms with van der Waals surface area (Å²) >= 11 is 0. The third-order valence-corrected chi connectivity index (χ3v) is 2.31. The molecule has 2 rings (SSSR count). The molecule has 88 valence electrons. The molecule has 5 nitrogen and oxygen atoms in total. The lowest BCUT2D eigenvalue weighted by molar-refractivity contribution is 0.0601. The summed E-state index contributed by atoms with van der Waals surface area (Å²) in [6.45, 7) is 1.93. The predicted molar refractivity (Wildman–Crippen MR) is 60.5 cm³/mol. The van der Waals surface area contributed by atoms with Crippen molar-refractivity contribution in [3.05, 3.63) is 35.7 Å². The zero-order valence-electron chi connectivity index (χ0n) is 9.64. The summed E-state index contributed by atoms with van der Waals surface area (Å²) in [7, 11) is 1.35. The summed E-state index contributed by atoms with van der Waals surface area (Å²) in [6, 6.07) is 6.92. The highest BCUT2D eigenvalue weighted by Gasteiger charge is 2.10. The lowest BCUT2D eigenvalue weighted by Crippen LogP contribution is -2.00. The molecule has 2 aromatic rings. The molecule has 0 aliphatic heterocycles. The summed E-state index contributed by atoms with van der Waals surface area (Å²) < 4.78 is 9.67. The Balaban J connectivity index is 2.35. The smallest absolute Gasteiger partial charge is 0.337 e. The van der Waals surface area contributed by atoms with Crippen LogP contribution in [-0.4, -0.2) is 23.2 Å². The molecular formula is C12H12N2O3. The van der Waals surface area contributed by atoms with E-state index in [2.05, 4.69) is 14.9 Å². The van der Waals surface area contributed by atoms with Crippen LogP contribution in [0.3, 0.4) is 0 Å². The van der Waals surface area contributed by atoms with Crippen molar-refractivity contribution < 1.29 is 14.1 Å². The topological polar surface area (TPSA) is 65.2 Å². The van der Waals surface area contributed by atoms with Crippen LogP contribution in [0.1, 0.15) is 23.2 Å². The predicted octanol–water partition coefficient (Wildman–Crippen LogP) is 2.09. The standard InChI is InChI=1S/C12H12N2O3/c1-3-10-13-11(14-17-10)8-5-4-6-9(7-8)12(15)16-2/h4-7H,3H2,1-2H3. The SMILES string of the molecule is CCc1nc(-c2cccc(C(=O)OC)c2)no1. The van der Waals surface area contributed by atoms with Crippen LogP contribution in [-0.2, 0) is 11.2 Å². The van der Waals surface area contributed by atoms with Crippen molar-refractivity contribution in [1.29, 1.82) is 0 Å². The summed E-state index contributed by atoms with van der Waals surface area (Å²) in [5.41, 5.74) is 1.20. The van der Waals surface area contributed by atoms with Crippen LogP contribution in [0.4, 0.5) is 0 Å². The van der Waals surface area contributed by atoms with Crippen LogP contribution in [0.2, 0.25) is 0 Å². The van der Waals surface area contributed by atoms with Gasteiger partial charge in [-0.15, -0.1) is 0 Å². The Labute approximate surface area is 98.4 Å². The Morgan fingerprint density at radius 1 is 1.47 bits per heavy atom. The largest absolute Gasteiger partial charge is 0.465 e. The van der Waals surface area contributed by atoms with Crippen LogP contribution in [0.5, 0.6) is 0 Å². The highest BCUT2D eigenvalue weighted by Crippen LogP contribution is 2.17. The molecule has 5 heteroatoms. The lowest BCUT2D eigenvalue weighted by atomic mass is 10.1. The number of nitrogens with zero attached hydrogens (tertiary/aromatic N) is 2. The number of carbonyl (C=O) groups excluding carboxylic acids is 1. The number of ether oxygens (including phenoxy) is 1. The fourth-order valence-electron chi connectivity index (χ4n) is 1.42. The number of carbonyl (C=O) groups is 1. The van der Waals surface area contributed by atoms with Crippen LogP contribution in [0.25, 0.3) is 11.4 Å². The molecule has 0 N–H and O–H groups in total. The molecule has 0 spiro atoms. The van der Waals surface area contributed by atoms with Gasteiger partial charge in [0, 0.05) is 12.0 Å². The zero-order chi connectivity index (χ0) is 12.3. The molecular weight excluding hydrogens is 220 g/mol. The summed E-state index contributed by atoms with van der Waals surface area (Å²) in [5.74, 6) is 0.669. The number of methoxy groups -OCH3 is 1. The molecule has 1 aromatic heterocycles. The van der Waals surface area contributed by atoms with Crippen molar-refractivity contribution in [2.24, 2.45) is 0 Å². The van der Waals surface area contributed by atoms with Gasteiger partial charge in [0.1, 0.15) is 0 Å². The van der Waals surface area contributed by atoms with Crippen LogP contribution in [0.15, 0.2) is 28.8 Å². The number of aromatic nitrogens is 2. The molecule has 0 unspecified atom stereocenters. The van der Waals surface area contributed by atoms with Gasteiger partial charge in [0.15, 0.2) is 0 Å². The van der Waals surface area contributed by atoms with E-state index in [0.29, 0.717) is 23.7 Å². The molecule has 0 aliphatic rings. The Bertz CT molecular complexity index is 534. The van der Waals surface area contributed by atoms with E-state index in [-0.39, 0.29) is 5.97 Å². The lowest BCUT2D eigenvalue weighted by Gasteiger charge is -2.00. The van der Waals surface area contributed by atoms with E-state index < -0.39 is 0 Å². The average molecular weight is 232 g/mol. The van der Waals surface area contributed by atoms with Crippen LogP contribution in [0, 0.1) is 0 Å². The fourth-order valence-corrected chi connectivity index (χ4v) is 1.42. The third kappa shape index (κ3) is 2.33. The van der Waals surface area contributed by atoms with E-state index in [9.17, 15) is 4.79 Å². The van der Waals surface area contributed by atoms with E-state index in [4.69, 9.17) is 4.52 Å². The van der Waals surface area contributed by atoms with E-state index >= 15 is 0 Å². The third-order valence-electron chi connectivity index (χ3n) is 2.31. The second-order valence-corrected chi connectivity index (χ2v) is 3.44. The normalized spacial score (nSPS) is 10.2. The quantitative estimate of drug-likeness (QED) is 0.758. The summed E-state index contributed by atoms with van der Waals surface area (Å²) in [5, 5.41) is 3.85. The minimum absolute atomic E-state index is 0.383. The molecule has 17 heavy (non-hydrogen) atoms. The highest BCUT2D eigenvalue weighted by molar-refractivity contribution is 5.90. The maximum absolute atomic E-state index is 11.4. The van der Waals surface area contributed by atoms with E-state index in [0.717, 1.165) is 5.56 Å². The molecule has 0 aliphatic carbocycles. The maximum atomic E-state index is 11.4. The van der Waals surface area contributed by atoms with Crippen molar-refractivity contribution in [3.63, 3.8) is 0 Å². The Kier molecular flexibility index (Phi) is 3.18. The minimum atomic E-state index is -0.383. The average Bonchev–Trinajstić information content (AvgIpc) is 2.86. The highest BCUT2D eigenvalue weighted by atomic mass is 16.5. The number of benzene rings is 1. The van der Waals surface area contributed by atoms with Crippen molar-refractivity contribution >= 4 is 5.97 Å². The van der Waals surface area contributed by atoms with E-state index in [1.165, 1.54) is 7.11 Å². The zero-order valence-corrected chi connectivity index (χ0v) is 9.64. The Morgan fingerprint density at radius 2 is 2.29 bits per heavy atom. The van der Waals surface area contributed by atoms with Gasteiger partial charge in [0.2, 0.25) is 11.7 Å². The first-order valence-corrected chi connectivity index (χ1v) is 5.26. The molecule has 0 atom stereocenters. The number of hydrogen-bond donors (Lipinski definition) is 0. The molecule has 0 saturated heterocycles. The second-order valence-electron chi connectivity index (χ2n) is 3.44. The molecule has 1 aromatic carbocycles. The van der Waals surface area contributed by atoms with Gasteiger partial charge in [0.25, 0.3) is 0 Å². The molecule has 0 radical (unpaired) electrons. The van der Waals surface area contributed by atoms with Gasteiger partial charge >= 0.3 is 5.97 Å². The van der Waals surface area contributed by atoms with Crippen molar-refractivity contribution in [2.75, 3.05) is 7.11 Å². The Hall–Kier alpha value is -2.17. The van der Waals surface area contributed by atoms with Gasteiger partial charge in [0.05, 0.1) is 12.7 Å². The minimum Gasteiger partial charge on any atom is -0.465 e.